The van der Waals surface area contributed by atoms with Crippen molar-refractivity contribution in [3.63, 3.8) is 0 Å². The van der Waals surface area contributed by atoms with Crippen LogP contribution in [-0.4, -0.2) is 53.6 Å². The van der Waals surface area contributed by atoms with Gasteiger partial charge in [0, 0.05) is 17.4 Å². The van der Waals surface area contributed by atoms with Crippen LogP contribution in [0.1, 0.15) is 29.7 Å². The summed E-state index contributed by atoms with van der Waals surface area (Å²) in [5.41, 5.74) is -6.37. The number of benzene rings is 2. The van der Waals surface area contributed by atoms with Gasteiger partial charge in [-0.1, -0.05) is 31.2 Å². The van der Waals surface area contributed by atoms with Gasteiger partial charge in [0.1, 0.15) is 6.04 Å². The Bertz CT molecular complexity index is 1470. The van der Waals surface area contributed by atoms with E-state index in [0.29, 0.717) is 29.8 Å². The number of anilines is 1. The molecule has 16 heteroatoms. The zero-order valence-corrected chi connectivity index (χ0v) is 21.8. The predicted molar refractivity (Wildman–Crippen MR) is 132 cm³/mol. The number of amides is 2. The fraction of sp³-hybridized carbons (Fsp3) is 0.280. The number of hydrogen-bond donors (Lipinski definition) is 3. The van der Waals surface area contributed by atoms with Crippen LogP contribution in [0.5, 0.6) is 0 Å². The van der Waals surface area contributed by atoms with Crippen LogP contribution >= 0.6 is 0 Å². The van der Waals surface area contributed by atoms with Crippen molar-refractivity contribution in [1.29, 1.82) is 0 Å². The Kier molecular flexibility index (Phi) is 9.08. The Balaban J connectivity index is 1.90. The van der Waals surface area contributed by atoms with Gasteiger partial charge in [-0.05, 0) is 41.5 Å². The number of nitrogens with one attached hydrogen (secondary N) is 2. The molecule has 1 aromatic heterocycles. The average Bonchev–Trinajstić information content (AvgIpc) is 2.91. The van der Waals surface area contributed by atoms with Crippen LogP contribution in [0.25, 0.3) is 0 Å². The molecule has 3 aromatic rings. The molecule has 1 unspecified atom stereocenters. The van der Waals surface area contributed by atoms with E-state index in [1.165, 1.54) is 49.6 Å². The molecule has 1 heterocycles. The third-order valence-corrected chi connectivity index (χ3v) is 7.67. The fourth-order valence-electron chi connectivity index (χ4n) is 3.65. The summed E-state index contributed by atoms with van der Waals surface area (Å²) in [6, 6.07) is 7.16. The molecule has 0 aliphatic heterocycles. The molecule has 3 rings (SSSR count). The molecule has 0 aliphatic carbocycles. The van der Waals surface area contributed by atoms with Gasteiger partial charge in [-0.25, -0.2) is 8.42 Å². The monoisotopic (exact) mass is 604 g/mol. The summed E-state index contributed by atoms with van der Waals surface area (Å²) in [5, 5.41) is 21.5. The molecule has 220 valence electrons. The van der Waals surface area contributed by atoms with Gasteiger partial charge in [-0.3, -0.25) is 9.59 Å². The lowest BCUT2D eigenvalue weighted by Crippen LogP contribution is -2.53. The van der Waals surface area contributed by atoms with Crippen molar-refractivity contribution in [2.75, 3.05) is 11.1 Å². The highest BCUT2D eigenvalue weighted by molar-refractivity contribution is 7.91. The molecule has 2 amide bonds. The topological polar surface area (TPSA) is 138 Å². The summed E-state index contributed by atoms with van der Waals surface area (Å²) in [4.78, 5) is 25.8. The number of carbonyl (C=O) groups excluding carboxylic acids is 2. The normalized spacial score (nSPS) is 13.4. The second kappa shape index (κ2) is 11.8. The maximum atomic E-state index is 13.2. The first-order valence-electron chi connectivity index (χ1n) is 11.6. The number of halogens is 6. The van der Waals surface area contributed by atoms with Crippen molar-refractivity contribution in [3.8, 4) is 0 Å². The van der Waals surface area contributed by atoms with Gasteiger partial charge in [0.25, 0.3) is 11.5 Å². The highest BCUT2D eigenvalue weighted by Crippen LogP contribution is 2.50. The fourth-order valence-corrected chi connectivity index (χ4v) is 4.54. The van der Waals surface area contributed by atoms with E-state index in [0.717, 1.165) is 0 Å². The lowest BCUT2D eigenvalue weighted by Gasteiger charge is -2.32. The lowest BCUT2D eigenvalue weighted by molar-refractivity contribution is -0.376. The largest absolute Gasteiger partial charge is 0.430 e. The van der Waals surface area contributed by atoms with Crippen molar-refractivity contribution in [1.82, 2.24) is 15.5 Å². The third kappa shape index (κ3) is 7.00. The molecule has 9 nitrogen and oxygen atoms in total. The maximum Gasteiger partial charge on any atom is 0.430 e. The van der Waals surface area contributed by atoms with Gasteiger partial charge in [-0.15, -0.1) is 0 Å². The number of hydrogen-bond acceptors (Lipinski definition) is 7. The predicted octanol–water partition coefficient (Wildman–Crippen LogP) is 3.62. The van der Waals surface area contributed by atoms with Gasteiger partial charge in [0.05, 0.1) is 23.3 Å². The minimum absolute atomic E-state index is 0.0468. The number of nitrogens with zero attached hydrogens (tertiary/aromatic N) is 2. The first-order valence-corrected chi connectivity index (χ1v) is 13.3. The molecule has 41 heavy (non-hydrogen) atoms. The molecule has 3 N–H and O–H groups in total. The molecular weight excluding hydrogens is 582 g/mol. The van der Waals surface area contributed by atoms with E-state index in [4.69, 9.17) is 0 Å². The van der Waals surface area contributed by atoms with E-state index in [1.807, 2.05) is 0 Å². The number of aliphatic hydroxyl groups is 1. The molecule has 1 atom stereocenters. The quantitative estimate of drug-likeness (QED) is 0.317. The number of rotatable bonds is 9. The Hall–Kier alpha value is -4.05. The molecule has 0 bridgehead atoms. The third-order valence-electron chi connectivity index (χ3n) is 5.92. The van der Waals surface area contributed by atoms with E-state index in [-0.39, 0.29) is 28.3 Å². The van der Waals surface area contributed by atoms with Crippen molar-refractivity contribution in [3.05, 3.63) is 83.7 Å². The smallest absolute Gasteiger partial charge is 0.369 e. The van der Waals surface area contributed by atoms with Crippen LogP contribution < -0.4 is 10.6 Å². The highest BCUT2D eigenvalue weighted by atomic mass is 32.2. The molecular formula is C25H22F6N4O5S. The molecule has 0 saturated heterocycles. The second-order valence-electron chi connectivity index (χ2n) is 8.67. The van der Waals surface area contributed by atoms with Crippen LogP contribution in [0.3, 0.4) is 0 Å². The van der Waals surface area contributed by atoms with Crippen LogP contribution in [0.15, 0.2) is 71.9 Å². The van der Waals surface area contributed by atoms with Crippen molar-refractivity contribution < 1.29 is 49.5 Å². The molecule has 0 aliphatic rings. The Morgan fingerprint density at radius 1 is 0.902 bits per heavy atom. The first-order chi connectivity index (χ1) is 19.0. The van der Waals surface area contributed by atoms with Gasteiger partial charge in [-0.2, -0.15) is 36.5 Å². The molecule has 0 fully saturated rings. The molecule has 0 spiro atoms. The standard InChI is InChI=1S/C25H22F6N4O5S/c1-2-41(39,40)19-9-3-16(4-10-19)21(35-20(36)13-15-11-12-32-33-14-15)22(37)34-18-7-5-17(6-8-18)23(38,24(26,27)28)25(29,30)31/h3-12,14,21,38H,2,13H2,1H3,(H,34,37)(H,35,36). The maximum absolute atomic E-state index is 13.2. The second-order valence-corrected chi connectivity index (χ2v) is 11.0. The molecule has 0 radical (unpaired) electrons. The van der Waals surface area contributed by atoms with Gasteiger partial charge >= 0.3 is 12.4 Å². The number of carbonyl (C=O) groups is 2. The van der Waals surface area contributed by atoms with Crippen LogP contribution in [0.4, 0.5) is 32.0 Å². The highest BCUT2D eigenvalue weighted by Gasteiger charge is 2.71. The van der Waals surface area contributed by atoms with Gasteiger partial charge < -0.3 is 15.7 Å². The van der Waals surface area contributed by atoms with Gasteiger partial charge in [0.2, 0.25) is 5.91 Å². The van der Waals surface area contributed by atoms with Crippen LogP contribution in [0, 0.1) is 0 Å². The van der Waals surface area contributed by atoms with Crippen molar-refractivity contribution >= 4 is 27.3 Å². The molecule has 2 aromatic carbocycles. The summed E-state index contributed by atoms with van der Waals surface area (Å²) in [6.07, 6.45) is -9.77. The number of alkyl halides is 6. The minimum Gasteiger partial charge on any atom is -0.369 e. The zero-order valence-electron chi connectivity index (χ0n) is 21.0. The lowest BCUT2D eigenvalue weighted by atomic mass is 9.92. The summed E-state index contributed by atoms with van der Waals surface area (Å²) in [6.45, 7) is 1.43. The van der Waals surface area contributed by atoms with E-state index < -0.39 is 51.2 Å². The Labute approximate surface area is 229 Å². The van der Waals surface area contributed by atoms with E-state index in [1.54, 1.807) is 0 Å². The summed E-state index contributed by atoms with van der Waals surface area (Å²) in [7, 11) is -3.59. The summed E-state index contributed by atoms with van der Waals surface area (Å²) < 4.78 is 103. The Morgan fingerprint density at radius 3 is 1.98 bits per heavy atom. The number of sulfone groups is 1. The Morgan fingerprint density at radius 2 is 1.49 bits per heavy atom. The number of aromatic nitrogens is 2. The summed E-state index contributed by atoms with van der Waals surface area (Å²) in [5.74, 6) is -1.81. The minimum atomic E-state index is -6.09. The van der Waals surface area contributed by atoms with Crippen LogP contribution in [-0.2, 0) is 31.4 Å². The van der Waals surface area contributed by atoms with Crippen molar-refractivity contribution in [2.45, 2.75) is 42.2 Å². The van der Waals surface area contributed by atoms with E-state index in [9.17, 15) is 49.5 Å². The first kappa shape index (κ1) is 31.5. The summed E-state index contributed by atoms with van der Waals surface area (Å²) >= 11 is 0. The van der Waals surface area contributed by atoms with Crippen LogP contribution in [0.2, 0.25) is 0 Å². The van der Waals surface area contributed by atoms with E-state index in [2.05, 4.69) is 20.8 Å². The average molecular weight is 605 g/mol. The van der Waals surface area contributed by atoms with E-state index >= 15 is 0 Å². The zero-order chi connectivity index (χ0) is 30.6. The SMILES string of the molecule is CCS(=O)(=O)c1ccc(C(NC(=O)Cc2ccnnc2)C(=O)Nc2ccc(C(O)(C(F)(F)F)C(F)(F)F)cc2)cc1. The van der Waals surface area contributed by atoms with Crippen molar-refractivity contribution in [2.24, 2.45) is 0 Å². The molecule has 0 saturated carbocycles. The van der Waals surface area contributed by atoms with Gasteiger partial charge in [0.15, 0.2) is 9.84 Å².